The number of furan rings is 2. The average Bonchev–Trinajstić information content (AvgIpc) is 2.90. The van der Waals surface area contributed by atoms with Crippen molar-refractivity contribution >= 4 is 0 Å². The van der Waals surface area contributed by atoms with E-state index in [0.717, 1.165) is 17.3 Å². The third-order valence-electron chi connectivity index (χ3n) is 3.01. The lowest BCUT2D eigenvalue weighted by molar-refractivity contribution is 0.171. The summed E-state index contributed by atoms with van der Waals surface area (Å²) in [6, 6.07) is 7.83. The lowest BCUT2D eigenvalue weighted by Gasteiger charge is -2.28. The molecule has 18 heavy (non-hydrogen) atoms. The van der Waals surface area contributed by atoms with Gasteiger partial charge in [-0.15, -0.1) is 0 Å². The Morgan fingerprint density at radius 3 is 2.61 bits per heavy atom. The van der Waals surface area contributed by atoms with Crippen molar-refractivity contribution in [1.82, 2.24) is 4.90 Å². The highest BCUT2D eigenvalue weighted by Crippen LogP contribution is 2.24. The molecule has 2 rings (SSSR count). The SMILES string of the molecule is Cc1ccc(CN(C)C(c2ccco2)C(C)N)o1. The van der Waals surface area contributed by atoms with Gasteiger partial charge < -0.3 is 14.6 Å². The van der Waals surface area contributed by atoms with Crippen molar-refractivity contribution in [1.29, 1.82) is 0 Å². The van der Waals surface area contributed by atoms with E-state index in [1.807, 2.05) is 45.2 Å². The van der Waals surface area contributed by atoms with Crippen LogP contribution in [0.4, 0.5) is 0 Å². The Bertz CT molecular complexity index is 474. The summed E-state index contributed by atoms with van der Waals surface area (Å²) < 4.78 is 11.1. The van der Waals surface area contributed by atoms with Crippen molar-refractivity contribution in [2.24, 2.45) is 5.73 Å². The van der Waals surface area contributed by atoms with Crippen LogP contribution < -0.4 is 5.73 Å². The zero-order valence-corrected chi connectivity index (χ0v) is 11.1. The van der Waals surface area contributed by atoms with Gasteiger partial charge in [0.05, 0.1) is 18.8 Å². The fourth-order valence-electron chi connectivity index (χ4n) is 2.25. The fourth-order valence-corrected chi connectivity index (χ4v) is 2.25. The van der Waals surface area contributed by atoms with Gasteiger partial charge >= 0.3 is 0 Å². The molecule has 4 heteroatoms. The van der Waals surface area contributed by atoms with E-state index in [2.05, 4.69) is 4.90 Å². The van der Waals surface area contributed by atoms with Gasteiger partial charge in [0.1, 0.15) is 17.3 Å². The van der Waals surface area contributed by atoms with Crippen LogP contribution in [0.15, 0.2) is 39.4 Å². The van der Waals surface area contributed by atoms with Gasteiger partial charge in [0.2, 0.25) is 0 Å². The Morgan fingerprint density at radius 2 is 2.11 bits per heavy atom. The predicted octanol–water partition coefficient (Wildman–Crippen LogP) is 2.70. The second-order valence-corrected chi connectivity index (χ2v) is 4.75. The van der Waals surface area contributed by atoms with Gasteiger partial charge in [0.15, 0.2) is 0 Å². The molecule has 2 atom stereocenters. The Balaban J connectivity index is 2.11. The molecular formula is C14H20N2O2. The van der Waals surface area contributed by atoms with Crippen LogP contribution in [-0.4, -0.2) is 18.0 Å². The molecule has 98 valence electrons. The topological polar surface area (TPSA) is 55.5 Å². The van der Waals surface area contributed by atoms with Gasteiger partial charge in [-0.3, -0.25) is 4.90 Å². The van der Waals surface area contributed by atoms with E-state index in [1.54, 1.807) is 6.26 Å². The number of hydrogen-bond donors (Lipinski definition) is 1. The highest BCUT2D eigenvalue weighted by Gasteiger charge is 2.24. The maximum Gasteiger partial charge on any atom is 0.122 e. The summed E-state index contributed by atoms with van der Waals surface area (Å²) in [5.41, 5.74) is 6.06. The van der Waals surface area contributed by atoms with Gasteiger partial charge in [-0.1, -0.05) is 0 Å². The first-order valence-electron chi connectivity index (χ1n) is 6.12. The molecule has 0 radical (unpaired) electrons. The van der Waals surface area contributed by atoms with Crippen molar-refractivity contribution in [3.63, 3.8) is 0 Å². The third-order valence-corrected chi connectivity index (χ3v) is 3.01. The Kier molecular flexibility index (Phi) is 3.89. The lowest BCUT2D eigenvalue weighted by atomic mass is 10.1. The molecule has 0 bridgehead atoms. The van der Waals surface area contributed by atoms with Gasteiger partial charge in [0.25, 0.3) is 0 Å². The zero-order chi connectivity index (χ0) is 13.1. The molecule has 0 aliphatic rings. The van der Waals surface area contributed by atoms with Crippen molar-refractivity contribution in [3.8, 4) is 0 Å². The summed E-state index contributed by atoms with van der Waals surface area (Å²) in [4.78, 5) is 2.14. The molecule has 2 unspecified atom stereocenters. The smallest absolute Gasteiger partial charge is 0.122 e. The van der Waals surface area contributed by atoms with Crippen LogP contribution >= 0.6 is 0 Å². The highest BCUT2D eigenvalue weighted by molar-refractivity contribution is 5.09. The minimum absolute atomic E-state index is 0.0165. The molecule has 2 aromatic rings. The molecular weight excluding hydrogens is 228 g/mol. The van der Waals surface area contributed by atoms with Crippen LogP contribution in [0, 0.1) is 6.92 Å². The van der Waals surface area contributed by atoms with Crippen LogP contribution in [0.2, 0.25) is 0 Å². The van der Waals surface area contributed by atoms with Gasteiger partial charge in [-0.25, -0.2) is 0 Å². The van der Waals surface area contributed by atoms with E-state index in [4.69, 9.17) is 14.6 Å². The molecule has 0 fully saturated rings. The predicted molar refractivity (Wildman–Crippen MR) is 70.0 cm³/mol. The van der Waals surface area contributed by atoms with Gasteiger partial charge in [0, 0.05) is 6.04 Å². The Morgan fingerprint density at radius 1 is 1.33 bits per heavy atom. The van der Waals surface area contributed by atoms with E-state index in [1.165, 1.54) is 0 Å². The molecule has 0 aromatic carbocycles. The van der Waals surface area contributed by atoms with E-state index in [-0.39, 0.29) is 12.1 Å². The molecule has 2 aromatic heterocycles. The highest BCUT2D eigenvalue weighted by atomic mass is 16.3. The quantitative estimate of drug-likeness (QED) is 0.884. The Hall–Kier alpha value is -1.52. The van der Waals surface area contributed by atoms with Crippen LogP contribution in [0.3, 0.4) is 0 Å². The minimum atomic E-state index is -0.0165. The lowest BCUT2D eigenvalue weighted by Crippen LogP contribution is -2.36. The summed E-state index contributed by atoms with van der Waals surface area (Å²) in [5, 5.41) is 0. The van der Waals surface area contributed by atoms with Crippen LogP contribution in [0.1, 0.15) is 30.2 Å². The van der Waals surface area contributed by atoms with Gasteiger partial charge in [-0.2, -0.15) is 0 Å². The van der Waals surface area contributed by atoms with Crippen LogP contribution in [0.5, 0.6) is 0 Å². The monoisotopic (exact) mass is 248 g/mol. The first-order chi connectivity index (χ1) is 8.58. The maximum absolute atomic E-state index is 6.06. The summed E-state index contributed by atoms with van der Waals surface area (Å²) >= 11 is 0. The number of hydrogen-bond acceptors (Lipinski definition) is 4. The average molecular weight is 248 g/mol. The molecule has 0 spiro atoms. The molecule has 0 amide bonds. The van der Waals surface area contributed by atoms with E-state index >= 15 is 0 Å². The van der Waals surface area contributed by atoms with Gasteiger partial charge in [-0.05, 0) is 45.2 Å². The Labute approximate surface area is 107 Å². The molecule has 0 saturated heterocycles. The standard InChI is InChI=1S/C14H20N2O2/c1-10-6-7-12(18-10)9-16(3)14(11(2)15)13-5-4-8-17-13/h4-8,11,14H,9,15H2,1-3H3. The molecule has 2 heterocycles. The molecule has 2 N–H and O–H groups in total. The van der Waals surface area contributed by atoms with Crippen LogP contribution in [-0.2, 0) is 6.54 Å². The molecule has 0 saturated carbocycles. The van der Waals surface area contributed by atoms with Crippen LogP contribution in [0.25, 0.3) is 0 Å². The molecule has 4 nitrogen and oxygen atoms in total. The van der Waals surface area contributed by atoms with E-state index in [0.29, 0.717) is 6.54 Å². The summed E-state index contributed by atoms with van der Waals surface area (Å²) in [7, 11) is 2.02. The summed E-state index contributed by atoms with van der Waals surface area (Å²) in [6.45, 7) is 4.64. The summed E-state index contributed by atoms with van der Waals surface area (Å²) in [5.74, 6) is 2.75. The third kappa shape index (κ3) is 2.83. The number of nitrogens with two attached hydrogens (primary N) is 1. The molecule has 0 aliphatic heterocycles. The largest absolute Gasteiger partial charge is 0.468 e. The van der Waals surface area contributed by atoms with Crippen molar-refractivity contribution in [2.75, 3.05) is 7.05 Å². The molecule has 0 aliphatic carbocycles. The van der Waals surface area contributed by atoms with Crippen molar-refractivity contribution < 1.29 is 8.83 Å². The normalized spacial score (nSPS) is 14.9. The maximum atomic E-state index is 6.06. The van der Waals surface area contributed by atoms with Crippen molar-refractivity contribution in [2.45, 2.75) is 32.5 Å². The minimum Gasteiger partial charge on any atom is -0.468 e. The first-order valence-corrected chi connectivity index (χ1v) is 6.12. The second-order valence-electron chi connectivity index (χ2n) is 4.75. The number of nitrogens with zero attached hydrogens (tertiary/aromatic N) is 1. The number of rotatable bonds is 5. The van der Waals surface area contributed by atoms with Crippen molar-refractivity contribution in [3.05, 3.63) is 47.8 Å². The number of likely N-dealkylation sites (N-methyl/N-ethyl adjacent to an activating group) is 1. The fraction of sp³-hybridized carbons (Fsp3) is 0.429. The summed E-state index contributed by atoms with van der Waals surface area (Å²) in [6.07, 6.45) is 1.68. The van der Waals surface area contributed by atoms with E-state index in [9.17, 15) is 0 Å². The van der Waals surface area contributed by atoms with E-state index < -0.39 is 0 Å². The second kappa shape index (κ2) is 5.42. The number of aryl methyl sites for hydroxylation is 1. The zero-order valence-electron chi connectivity index (χ0n) is 11.1. The first kappa shape index (κ1) is 12.9.